The van der Waals surface area contributed by atoms with Crippen LogP contribution in [-0.2, 0) is 20.9 Å². The van der Waals surface area contributed by atoms with E-state index >= 15 is 0 Å². The molecule has 0 radical (unpaired) electrons. The van der Waals surface area contributed by atoms with E-state index in [0.29, 0.717) is 13.2 Å². The van der Waals surface area contributed by atoms with Crippen LogP contribution in [0, 0.1) is 5.41 Å². The molecule has 1 aromatic carbocycles. The molecule has 2 unspecified atom stereocenters. The van der Waals surface area contributed by atoms with Crippen molar-refractivity contribution in [2.24, 2.45) is 5.41 Å². The normalized spacial score (nSPS) is 19.6. The van der Waals surface area contributed by atoms with Gasteiger partial charge < -0.3 is 15.4 Å². The van der Waals surface area contributed by atoms with Crippen LogP contribution < -0.4 is 10.6 Å². The van der Waals surface area contributed by atoms with Crippen molar-refractivity contribution in [3.8, 4) is 0 Å². The predicted molar refractivity (Wildman–Crippen MR) is 102 cm³/mol. The minimum absolute atomic E-state index is 0.0399. The van der Waals surface area contributed by atoms with E-state index in [4.69, 9.17) is 4.74 Å². The molecular weight excluding hydrogens is 330 g/mol. The van der Waals surface area contributed by atoms with Gasteiger partial charge in [0.15, 0.2) is 0 Å². The zero-order chi connectivity index (χ0) is 19.2. The smallest absolute Gasteiger partial charge is 0.242 e. The van der Waals surface area contributed by atoms with Crippen molar-refractivity contribution >= 4 is 11.8 Å². The quantitative estimate of drug-likeness (QED) is 0.807. The van der Waals surface area contributed by atoms with Gasteiger partial charge in [-0.25, -0.2) is 0 Å². The lowest BCUT2D eigenvalue weighted by Gasteiger charge is -2.33. The van der Waals surface area contributed by atoms with Gasteiger partial charge in [0, 0.05) is 31.6 Å². The Bertz CT molecular complexity index is 598. The monoisotopic (exact) mass is 361 g/mol. The van der Waals surface area contributed by atoms with Crippen molar-refractivity contribution in [2.45, 2.75) is 46.4 Å². The fourth-order valence-corrected chi connectivity index (χ4v) is 2.74. The van der Waals surface area contributed by atoms with Gasteiger partial charge in [-0.2, -0.15) is 0 Å². The zero-order valence-corrected chi connectivity index (χ0v) is 16.2. The third-order valence-corrected chi connectivity index (χ3v) is 4.40. The molecule has 0 bridgehead atoms. The Kier molecular flexibility index (Phi) is 7.17. The predicted octanol–water partition coefficient (Wildman–Crippen LogP) is 1.55. The van der Waals surface area contributed by atoms with E-state index in [1.54, 1.807) is 6.92 Å². The fraction of sp³-hybridized carbons (Fsp3) is 0.600. The first kappa shape index (κ1) is 20.4. The number of benzene rings is 1. The lowest BCUT2D eigenvalue weighted by Crippen LogP contribution is -2.52. The van der Waals surface area contributed by atoms with Crippen molar-refractivity contribution in [3.63, 3.8) is 0 Å². The van der Waals surface area contributed by atoms with Crippen LogP contribution in [0.15, 0.2) is 30.3 Å². The van der Waals surface area contributed by atoms with E-state index in [2.05, 4.69) is 27.7 Å². The van der Waals surface area contributed by atoms with Gasteiger partial charge in [-0.05, 0) is 12.5 Å². The van der Waals surface area contributed by atoms with E-state index in [-0.39, 0.29) is 17.9 Å². The fourth-order valence-electron chi connectivity index (χ4n) is 2.74. The van der Waals surface area contributed by atoms with Crippen LogP contribution in [0.5, 0.6) is 0 Å². The maximum Gasteiger partial charge on any atom is 0.242 e. The van der Waals surface area contributed by atoms with Crippen molar-refractivity contribution in [3.05, 3.63) is 35.9 Å². The molecule has 0 aliphatic carbocycles. The molecule has 0 saturated carbocycles. The molecule has 2 atom stereocenters. The average Bonchev–Trinajstić information content (AvgIpc) is 2.60. The maximum atomic E-state index is 12.2. The molecule has 1 fully saturated rings. The highest BCUT2D eigenvalue weighted by Crippen LogP contribution is 2.13. The third-order valence-electron chi connectivity index (χ3n) is 4.40. The highest BCUT2D eigenvalue weighted by atomic mass is 16.5. The minimum Gasteiger partial charge on any atom is -0.374 e. The minimum atomic E-state index is -0.564. The number of carbonyl (C=O) groups is 2. The van der Waals surface area contributed by atoms with Gasteiger partial charge >= 0.3 is 0 Å². The summed E-state index contributed by atoms with van der Waals surface area (Å²) in [5, 5.41) is 5.63. The summed E-state index contributed by atoms with van der Waals surface area (Å²) in [6.07, 6.45) is -0.0399. The number of rotatable bonds is 6. The molecule has 6 heteroatoms. The summed E-state index contributed by atoms with van der Waals surface area (Å²) in [7, 11) is 0. The summed E-state index contributed by atoms with van der Waals surface area (Å²) in [5.74, 6) is -0.325. The van der Waals surface area contributed by atoms with Crippen LogP contribution in [0.3, 0.4) is 0 Å². The van der Waals surface area contributed by atoms with E-state index in [1.807, 2.05) is 39.0 Å². The molecule has 2 amide bonds. The van der Waals surface area contributed by atoms with E-state index in [9.17, 15) is 9.59 Å². The van der Waals surface area contributed by atoms with Gasteiger partial charge in [0.05, 0.1) is 12.7 Å². The second kappa shape index (κ2) is 9.14. The molecule has 2 rings (SSSR count). The second-order valence-electron chi connectivity index (χ2n) is 7.90. The Morgan fingerprint density at radius 3 is 2.62 bits per heavy atom. The maximum absolute atomic E-state index is 12.2. The number of ether oxygens (including phenoxy) is 1. The van der Waals surface area contributed by atoms with E-state index in [1.165, 1.54) is 5.56 Å². The number of hydrogen-bond acceptors (Lipinski definition) is 4. The Morgan fingerprint density at radius 2 is 1.96 bits per heavy atom. The third kappa shape index (κ3) is 6.42. The molecule has 0 aromatic heterocycles. The van der Waals surface area contributed by atoms with Crippen LogP contribution in [-0.4, -0.2) is 55.1 Å². The van der Waals surface area contributed by atoms with E-state index in [0.717, 1.165) is 19.6 Å². The largest absolute Gasteiger partial charge is 0.374 e. The first-order chi connectivity index (χ1) is 12.3. The van der Waals surface area contributed by atoms with Crippen LogP contribution in [0.2, 0.25) is 0 Å². The summed E-state index contributed by atoms with van der Waals surface area (Å²) in [5.41, 5.74) is 0.759. The summed E-state index contributed by atoms with van der Waals surface area (Å²) < 4.78 is 5.77. The highest BCUT2D eigenvalue weighted by molar-refractivity contribution is 5.89. The summed E-state index contributed by atoms with van der Waals surface area (Å²) in [6, 6.07) is 9.77. The van der Waals surface area contributed by atoms with Crippen LogP contribution >= 0.6 is 0 Å². The van der Waals surface area contributed by atoms with E-state index < -0.39 is 11.5 Å². The van der Waals surface area contributed by atoms with Gasteiger partial charge in [0.25, 0.3) is 0 Å². The molecule has 2 N–H and O–H groups in total. The average molecular weight is 361 g/mol. The summed E-state index contributed by atoms with van der Waals surface area (Å²) in [4.78, 5) is 26.5. The molecule has 144 valence electrons. The van der Waals surface area contributed by atoms with Gasteiger partial charge in [0.2, 0.25) is 11.8 Å². The second-order valence-corrected chi connectivity index (χ2v) is 7.90. The van der Waals surface area contributed by atoms with Crippen molar-refractivity contribution in [2.75, 3.05) is 26.2 Å². The molecule has 1 aliphatic rings. The topological polar surface area (TPSA) is 70.7 Å². The Hall–Kier alpha value is -1.92. The standard InChI is InChI=1S/C20H31N3O3/c1-15(22-19(25)20(2,3)4)18(24)21-12-17-14-23(10-11-26-17)13-16-8-6-5-7-9-16/h5-9,15,17H,10-14H2,1-4H3,(H,21,24)(H,22,25). The number of amides is 2. The molecular formula is C20H31N3O3. The lowest BCUT2D eigenvalue weighted by atomic mass is 9.95. The number of carbonyl (C=O) groups excluding carboxylic acids is 2. The van der Waals surface area contributed by atoms with Gasteiger partial charge in [0.1, 0.15) is 6.04 Å². The molecule has 1 aliphatic heterocycles. The van der Waals surface area contributed by atoms with Crippen molar-refractivity contribution < 1.29 is 14.3 Å². The Labute approximate surface area is 156 Å². The highest BCUT2D eigenvalue weighted by Gasteiger charge is 2.26. The molecule has 1 heterocycles. The SMILES string of the molecule is CC(NC(=O)C(C)(C)C)C(=O)NCC1CN(Cc2ccccc2)CCO1. The Morgan fingerprint density at radius 1 is 1.27 bits per heavy atom. The molecule has 0 spiro atoms. The molecule has 26 heavy (non-hydrogen) atoms. The van der Waals surface area contributed by atoms with Crippen molar-refractivity contribution in [1.82, 2.24) is 15.5 Å². The number of nitrogens with one attached hydrogen (secondary N) is 2. The van der Waals surface area contributed by atoms with Gasteiger partial charge in [-0.15, -0.1) is 0 Å². The van der Waals surface area contributed by atoms with Crippen LogP contribution in [0.1, 0.15) is 33.3 Å². The zero-order valence-electron chi connectivity index (χ0n) is 16.2. The van der Waals surface area contributed by atoms with Gasteiger partial charge in [-0.1, -0.05) is 51.1 Å². The summed E-state index contributed by atoms with van der Waals surface area (Å²) in [6.45, 7) is 10.8. The Balaban J connectivity index is 1.76. The van der Waals surface area contributed by atoms with Crippen molar-refractivity contribution in [1.29, 1.82) is 0 Å². The van der Waals surface area contributed by atoms with Gasteiger partial charge in [-0.3, -0.25) is 14.5 Å². The first-order valence-electron chi connectivity index (χ1n) is 9.22. The summed E-state index contributed by atoms with van der Waals surface area (Å²) >= 11 is 0. The number of hydrogen-bond donors (Lipinski definition) is 2. The molecule has 6 nitrogen and oxygen atoms in total. The first-order valence-corrected chi connectivity index (χ1v) is 9.22. The number of nitrogens with zero attached hydrogens (tertiary/aromatic N) is 1. The van der Waals surface area contributed by atoms with Crippen LogP contribution in [0.25, 0.3) is 0 Å². The number of morpholine rings is 1. The molecule has 1 aromatic rings. The van der Waals surface area contributed by atoms with Crippen LogP contribution in [0.4, 0.5) is 0 Å². The lowest BCUT2D eigenvalue weighted by molar-refractivity contribution is -0.133. The molecule has 1 saturated heterocycles.